The normalized spacial score (nSPS) is 17.6. The van der Waals surface area contributed by atoms with Gasteiger partial charge in [0.05, 0.1) is 6.61 Å². The van der Waals surface area contributed by atoms with Crippen molar-refractivity contribution in [2.75, 3.05) is 32.8 Å². The van der Waals surface area contributed by atoms with Crippen molar-refractivity contribution < 1.29 is 13.5 Å². The van der Waals surface area contributed by atoms with Crippen molar-refractivity contribution in [3.63, 3.8) is 0 Å². The van der Waals surface area contributed by atoms with Gasteiger partial charge in [0.1, 0.15) is 11.8 Å². The molecule has 0 amide bonds. The molecule has 124 valence electrons. The first-order chi connectivity index (χ1) is 11.2. The second kappa shape index (κ2) is 7.23. The molecule has 3 nitrogen and oxygen atoms in total. The lowest BCUT2D eigenvalue weighted by molar-refractivity contribution is 0.0175. The van der Waals surface area contributed by atoms with Crippen LogP contribution < -0.4 is 10.1 Å². The fraction of sp³-hybridized carbons (Fsp3) is 0.444. The number of halogens is 2. The Hall–Kier alpha value is -1.72. The minimum atomic E-state index is -2.46. The maximum Gasteiger partial charge on any atom is 0.258 e. The molecule has 1 fully saturated rings. The molecule has 3 rings (SSSR count). The van der Waals surface area contributed by atoms with Crippen LogP contribution in [-0.2, 0) is 0 Å². The SMILES string of the molecule is CCOc1ccc2ccccc2c1[C@H](C(F)F)N1CCNCC1. The van der Waals surface area contributed by atoms with Crippen LogP contribution in [0.5, 0.6) is 5.75 Å². The molecule has 1 N–H and O–H groups in total. The molecule has 0 saturated carbocycles. The molecule has 1 aliphatic heterocycles. The Kier molecular flexibility index (Phi) is 5.08. The smallest absolute Gasteiger partial charge is 0.258 e. The largest absolute Gasteiger partial charge is 0.494 e. The third-order valence-corrected chi connectivity index (χ3v) is 4.31. The summed E-state index contributed by atoms with van der Waals surface area (Å²) in [7, 11) is 0. The van der Waals surface area contributed by atoms with E-state index in [0.717, 1.165) is 23.9 Å². The molecule has 1 saturated heterocycles. The van der Waals surface area contributed by atoms with E-state index < -0.39 is 12.5 Å². The van der Waals surface area contributed by atoms with Gasteiger partial charge in [0.2, 0.25) is 0 Å². The molecular weight excluding hydrogens is 298 g/mol. The quantitative estimate of drug-likeness (QED) is 0.913. The van der Waals surface area contributed by atoms with Gasteiger partial charge in [0, 0.05) is 31.7 Å². The summed E-state index contributed by atoms with van der Waals surface area (Å²) >= 11 is 0. The fourth-order valence-corrected chi connectivity index (χ4v) is 3.29. The molecule has 5 heteroatoms. The van der Waals surface area contributed by atoms with E-state index in [1.54, 1.807) is 0 Å². The first-order valence-corrected chi connectivity index (χ1v) is 8.09. The number of nitrogens with one attached hydrogen (secondary N) is 1. The van der Waals surface area contributed by atoms with Crippen LogP contribution in [0, 0.1) is 0 Å². The van der Waals surface area contributed by atoms with E-state index in [-0.39, 0.29) is 0 Å². The van der Waals surface area contributed by atoms with Gasteiger partial charge in [0.25, 0.3) is 6.43 Å². The zero-order valence-electron chi connectivity index (χ0n) is 13.3. The topological polar surface area (TPSA) is 24.5 Å². The van der Waals surface area contributed by atoms with Gasteiger partial charge >= 0.3 is 0 Å². The number of piperazine rings is 1. The number of nitrogens with zero attached hydrogens (tertiary/aromatic N) is 1. The molecule has 0 spiro atoms. The van der Waals surface area contributed by atoms with Crippen LogP contribution in [0.1, 0.15) is 18.5 Å². The van der Waals surface area contributed by atoms with Crippen LogP contribution in [0.3, 0.4) is 0 Å². The lowest BCUT2D eigenvalue weighted by atomic mass is 9.96. The summed E-state index contributed by atoms with van der Waals surface area (Å²) in [5.74, 6) is 0.565. The highest BCUT2D eigenvalue weighted by atomic mass is 19.3. The average molecular weight is 320 g/mol. The van der Waals surface area contributed by atoms with E-state index in [2.05, 4.69) is 5.32 Å². The highest BCUT2D eigenvalue weighted by molar-refractivity contribution is 5.88. The number of hydrogen-bond acceptors (Lipinski definition) is 3. The zero-order valence-corrected chi connectivity index (χ0v) is 13.3. The number of rotatable bonds is 5. The number of hydrogen-bond donors (Lipinski definition) is 1. The van der Waals surface area contributed by atoms with E-state index >= 15 is 0 Å². The Morgan fingerprint density at radius 3 is 2.57 bits per heavy atom. The summed E-state index contributed by atoms with van der Waals surface area (Å²) < 4.78 is 33.7. The molecule has 2 aromatic carbocycles. The standard InChI is InChI=1S/C18H22F2N2O/c1-2-23-15-8-7-13-5-3-4-6-14(13)16(15)17(18(19)20)22-11-9-21-10-12-22/h3-8,17-18,21H,2,9-12H2,1H3/t17-/m1/s1. The minimum Gasteiger partial charge on any atom is -0.494 e. The fourth-order valence-electron chi connectivity index (χ4n) is 3.29. The van der Waals surface area contributed by atoms with E-state index in [4.69, 9.17) is 4.74 Å². The molecule has 2 aromatic rings. The Morgan fingerprint density at radius 2 is 1.87 bits per heavy atom. The van der Waals surface area contributed by atoms with Crippen LogP contribution in [0.2, 0.25) is 0 Å². The van der Waals surface area contributed by atoms with Gasteiger partial charge in [-0.2, -0.15) is 0 Å². The van der Waals surface area contributed by atoms with Crippen molar-refractivity contribution in [3.05, 3.63) is 42.0 Å². The predicted octanol–water partition coefficient (Wildman–Crippen LogP) is 3.45. The molecule has 1 heterocycles. The maximum absolute atomic E-state index is 14.0. The second-order valence-electron chi connectivity index (χ2n) is 5.70. The highest BCUT2D eigenvalue weighted by Crippen LogP contribution is 2.39. The van der Waals surface area contributed by atoms with Gasteiger partial charge in [-0.1, -0.05) is 30.3 Å². The van der Waals surface area contributed by atoms with E-state index in [1.807, 2.05) is 48.2 Å². The highest BCUT2D eigenvalue weighted by Gasteiger charge is 2.33. The molecule has 1 aliphatic rings. The van der Waals surface area contributed by atoms with Gasteiger partial charge in [-0.25, -0.2) is 8.78 Å². The van der Waals surface area contributed by atoms with Crippen molar-refractivity contribution >= 4 is 10.8 Å². The van der Waals surface area contributed by atoms with Crippen molar-refractivity contribution in [1.29, 1.82) is 0 Å². The summed E-state index contributed by atoms with van der Waals surface area (Å²) in [4.78, 5) is 1.87. The predicted molar refractivity (Wildman–Crippen MR) is 88.3 cm³/mol. The molecule has 0 aromatic heterocycles. The zero-order chi connectivity index (χ0) is 16.2. The number of fused-ring (bicyclic) bond motifs is 1. The van der Waals surface area contributed by atoms with Crippen LogP contribution in [0.25, 0.3) is 10.8 Å². The van der Waals surface area contributed by atoms with E-state index in [9.17, 15) is 8.78 Å². The second-order valence-corrected chi connectivity index (χ2v) is 5.70. The third-order valence-electron chi connectivity index (χ3n) is 4.31. The van der Waals surface area contributed by atoms with Gasteiger partial charge in [-0.15, -0.1) is 0 Å². The average Bonchev–Trinajstić information content (AvgIpc) is 2.57. The first-order valence-electron chi connectivity index (χ1n) is 8.09. The van der Waals surface area contributed by atoms with Gasteiger partial charge in [0.15, 0.2) is 0 Å². The van der Waals surface area contributed by atoms with Crippen LogP contribution >= 0.6 is 0 Å². The summed E-state index contributed by atoms with van der Waals surface area (Å²) in [6, 6.07) is 10.5. The number of alkyl halides is 2. The van der Waals surface area contributed by atoms with Crippen molar-refractivity contribution in [3.8, 4) is 5.75 Å². The monoisotopic (exact) mass is 320 g/mol. The van der Waals surface area contributed by atoms with Crippen molar-refractivity contribution in [2.45, 2.75) is 19.4 Å². The van der Waals surface area contributed by atoms with Gasteiger partial charge in [-0.3, -0.25) is 4.90 Å². The van der Waals surface area contributed by atoms with Gasteiger partial charge in [-0.05, 0) is 23.8 Å². The van der Waals surface area contributed by atoms with Gasteiger partial charge < -0.3 is 10.1 Å². The molecule has 0 aliphatic carbocycles. The molecule has 0 radical (unpaired) electrons. The summed E-state index contributed by atoms with van der Waals surface area (Å²) in [6.45, 7) is 5.04. The van der Waals surface area contributed by atoms with E-state index in [1.165, 1.54) is 0 Å². The maximum atomic E-state index is 14.0. The van der Waals surface area contributed by atoms with E-state index in [0.29, 0.717) is 31.0 Å². The lowest BCUT2D eigenvalue weighted by Gasteiger charge is -2.35. The summed E-state index contributed by atoms with van der Waals surface area (Å²) in [5, 5.41) is 5.03. The minimum absolute atomic E-state index is 0.461. The molecular formula is C18H22F2N2O. The molecule has 23 heavy (non-hydrogen) atoms. The van der Waals surface area contributed by atoms with Crippen molar-refractivity contribution in [1.82, 2.24) is 10.2 Å². The third kappa shape index (κ3) is 3.31. The summed E-state index contributed by atoms with van der Waals surface area (Å²) in [6.07, 6.45) is -2.46. The van der Waals surface area contributed by atoms with Crippen LogP contribution in [-0.4, -0.2) is 44.1 Å². The summed E-state index contributed by atoms with van der Waals surface area (Å²) in [5.41, 5.74) is 0.613. The lowest BCUT2D eigenvalue weighted by Crippen LogP contribution is -2.47. The number of ether oxygens (including phenoxy) is 1. The number of benzene rings is 2. The van der Waals surface area contributed by atoms with Crippen LogP contribution in [0.4, 0.5) is 8.78 Å². The van der Waals surface area contributed by atoms with Crippen LogP contribution in [0.15, 0.2) is 36.4 Å². The van der Waals surface area contributed by atoms with Crippen molar-refractivity contribution in [2.24, 2.45) is 0 Å². The Labute approximate surface area is 135 Å². The Balaban J connectivity index is 2.14. The first kappa shape index (κ1) is 16.1. The Morgan fingerprint density at radius 1 is 1.13 bits per heavy atom. The molecule has 0 bridgehead atoms. The Bertz CT molecular complexity index is 657. The molecule has 1 atom stereocenters. The molecule has 0 unspecified atom stereocenters.